The molecule has 5 nitrogen and oxygen atoms in total. The van der Waals surface area contributed by atoms with Crippen molar-refractivity contribution in [3.05, 3.63) is 47.5 Å². The van der Waals surface area contributed by atoms with Gasteiger partial charge in [0.1, 0.15) is 0 Å². The maximum absolute atomic E-state index is 12.1. The lowest BCUT2D eigenvalue weighted by molar-refractivity contribution is 0.521. The van der Waals surface area contributed by atoms with Crippen molar-refractivity contribution in [3.8, 4) is 0 Å². The normalized spacial score (nSPS) is 11.6. The SMILES string of the molecule is CN(C)S(=O)(=O)c1ccc(N)c(Nc2ccccc2Cl)c1. The number of nitrogens with zero attached hydrogens (tertiary/aromatic N) is 1. The van der Waals surface area contributed by atoms with Crippen LogP contribution in [0.25, 0.3) is 0 Å². The summed E-state index contributed by atoms with van der Waals surface area (Å²) in [5.74, 6) is 0. The van der Waals surface area contributed by atoms with Crippen molar-refractivity contribution in [1.82, 2.24) is 4.31 Å². The number of sulfonamides is 1. The van der Waals surface area contributed by atoms with Gasteiger partial charge in [-0.3, -0.25) is 0 Å². The number of nitrogens with two attached hydrogens (primary N) is 1. The number of hydrogen-bond acceptors (Lipinski definition) is 4. The van der Waals surface area contributed by atoms with E-state index >= 15 is 0 Å². The van der Waals surface area contributed by atoms with E-state index in [0.29, 0.717) is 22.1 Å². The van der Waals surface area contributed by atoms with Crippen LogP contribution in [0, 0.1) is 0 Å². The minimum absolute atomic E-state index is 0.163. The molecule has 0 aliphatic heterocycles. The van der Waals surface area contributed by atoms with E-state index in [1.807, 2.05) is 12.1 Å². The molecule has 0 aromatic heterocycles. The van der Waals surface area contributed by atoms with Crippen molar-refractivity contribution in [2.75, 3.05) is 25.1 Å². The summed E-state index contributed by atoms with van der Waals surface area (Å²) in [6, 6.07) is 11.7. The Morgan fingerprint density at radius 1 is 1.10 bits per heavy atom. The maximum atomic E-state index is 12.1. The highest BCUT2D eigenvalue weighted by Gasteiger charge is 2.18. The van der Waals surface area contributed by atoms with Crippen LogP contribution < -0.4 is 11.1 Å². The Morgan fingerprint density at radius 3 is 2.38 bits per heavy atom. The molecule has 2 rings (SSSR count). The fourth-order valence-electron chi connectivity index (χ4n) is 1.72. The summed E-state index contributed by atoms with van der Waals surface area (Å²) in [5, 5.41) is 3.58. The zero-order valence-corrected chi connectivity index (χ0v) is 13.2. The predicted octanol–water partition coefficient (Wildman–Crippen LogP) is 2.92. The van der Waals surface area contributed by atoms with Crippen LogP contribution in [0.3, 0.4) is 0 Å². The van der Waals surface area contributed by atoms with Crippen LogP contribution >= 0.6 is 11.6 Å². The van der Waals surface area contributed by atoms with Crippen molar-refractivity contribution >= 4 is 38.7 Å². The molecule has 7 heteroatoms. The molecule has 0 radical (unpaired) electrons. The van der Waals surface area contributed by atoms with Crippen LogP contribution in [0.4, 0.5) is 17.1 Å². The summed E-state index contributed by atoms with van der Waals surface area (Å²) in [6.45, 7) is 0. The molecule has 0 aliphatic rings. The van der Waals surface area contributed by atoms with Crippen molar-refractivity contribution in [2.45, 2.75) is 4.90 Å². The molecule has 0 heterocycles. The second-order valence-electron chi connectivity index (χ2n) is 4.64. The van der Waals surface area contributed by atoms with Gasteiger partial charge in [-0.25, -0.2) is 12.7 Å². The second kappa shape index (κ2) is 5.93. The highest BCUT2D eigenvalue weighted by molar-refractivity contribution is 7.89. The van der Waals surface area contributed by atoms with E-state index < -0.39 is 10.0 Å². The molecular weight excluding hydrogens is 310 g/mol. The number of hydrogen-bond donors (Lipinski definition) is 2. The van der Waals surface area contributed by atoms with Gasteiger partial charge in [0.2, 0.25) is 10.0 Å². The molecule has 2 aromatic carbocycles. The van der Waals surface area contributed by atoms with Crippen LogP contribution in [-0.4, -0.2) is 26.8 Å². The fraction of sp³-hybridized carbons (Fsp3) is 0.143. The first-order valence-corrected chi connectivity index (χ1v) is 7.98. The number of halogens is 1. The Hall–Kier alpha value is -1.76. The lowest BCUT2D eigenvalue weighted by Gasteiger charge is -2.15. The largest absolute Gasteiger partial charge is 0.397 e. The second-order valence-corrected chi connectivity index (χ2v) is 7.20. The van der Waals surface area contributed by atoms with Crippen LogP contribution in [0.2, 0.25) is 5.02 Å². The summed E-state index contributed by atoms with van der Waals surface area (Å²) in [4.78, 5) is 0.163. The Kier molecular flexibility index (Phi) is 4.41. The Labute approximate surface area is 129 Å². The topological polar surface area (TPSA) is 75.4 Å². The average molecular weight is 326 g/mol. The number of nitrogen functional groups attached to an aromatic ring is 1. The van der Waals surface area contributed by atoms with E-state index in [0.717, 1.165) is 4.31 Å². The first-order valence-electron chi connectivity index (χ1n) is 6.16. The number of benzene rings is 2. The standard InChI is InChI=1S/C14H16ClN3O2S/c1-18(2)21(19,20)10-7-8-12(16)14(9-10)17-13-6-4-3-5-11(13)15/h3-9,17H,16H2,1-2H3. The summed E-state index contributed by atoms with van der Waals surface area (Å²) in [6.07, 6.45) is 0. The Balaban J connectivity index is 2.44. The zero-order chi connectivity index (χ0) is 15.6. The highest BCUT2D eigenvalue weighted by Crippen LogP contribution is 2.30. The molecule has 0 unspecified atom stereocenters. The molecule has 112 valence electrons. The predicted molar refractivity (Wildman–Crippen MR) is 86.5 cm³/mol. The smallest absolute Gasteiger partial charge is 0.242 e. The highest BCUT2D eigenvalue weighted by atomic mass is 35.5. The number of nitrogens with one attached hydrogen (secondary N) is 1. The molecule has 0 saturated carbocycles. The monoisotopic (exact) mass is 325 g/mol. The molecule has 0 atom stereocenters. The molecule has 0 fully saturated rings. The van der Waals surface area contributed by atoms with Gasteiger partial charge in [0.15, 0.2) is 0 Å². The van der Waals surface area contributed by atoms with Gasteiger partial charge in [0, 0.05) is 14.1 Å². The van der Waals surface area contributed by atoms with Gasteiger partial charge in [-0.15, -0.1) is 0 Å². The number of anilines is 3. The van der Waals surface area contributed by atoms with E-state index in [2.05, 4.69) is 5.32 Å². The molecule has 0 aliphatic carbocycles. The first kappa shape index (κ1) is 15.6. The van der Waals surface area contributed by atoms with Crippen molar-refractivity contribution in [2.24, 2.45) is 0 Å². The minimum Gasteiger partial charge on any atom is -0.397 e. The van der Waals surface area contributed by atoms with Gasteiger partial charge in [0.25, 0.3) is 0 Å². The van der Waals surface area contributed by atoms with Gasteiger partial charge in [-0.05, 0) is 30.3 Å². The maximum Gasteiger partial charge on any atom is 0.242 e. The lowest BCUT2D eigenvalue weighted by Crippen LogP contribution is -2.22. The fourth-order valence-corrected chi connectivity index (χ4v) is 2.83. The van der Waals surface area contributed by atoms with E-state index in [-0.39, 0.29) is 4.90 Å². The minimum atomic E-state index is -3.51. The van der Waals surface area contributed by atoms with Crippen molar-refractivity contribution in [3.63, 3.8) is 0 Å². The van der Waals surface area contributed by atoms with Crippen LogP contribution in [-0.2, 0) is 10.0 Å². The Morgan fingerprint density at radius 2 is 1.76 bits per heavy atom. The summed E-state index contributed by atoms with van der Waals surface area (Å²) in [5.41, 5.74) is 7.48. The lowest BCUT2D eigenvalue weighted by atomic mass is 10.2. The molecule has 0 bridgehead atoms. The van der Waals surface area contributed by atoms with Gasteiger partial charge < -0.3 is 11.1 Å². The quantitative estimate of drug-likeness (QED) is 0.847. The van der Waals surface area contributed by atoms with E-state index in [9.17, 15) is 8.42 Å². The van der Waals surface area contributed by atoms with Gasteiger partial charge in [-0.2, -0.15) is 0 Å². The summed E-state index contributed by atoms with van der Waals surface area (Å²) >= 11 is 6.08. The van der Waals surface area contributed by atoms with Gasteiger partial charge in [-0.1, -0.05) is 23.7 Å². The Bertz CT molecular complexity index is 761. The summed E-state index contributed by atoms with van der Waals surface area (Å²) in [7, 11) is -0.556. The third-order valence-corrected chi connectivity index (χ3v) is 5.09. The molecule has 21 heavy (non-hydrogen) atoms. The van der Waals surface area contributed by atoms with Crippen molar-refractivity contribution in [1.29, 1.82) is 0 Å². The van der Waals surface area contributed by atoms with E-state index in [1.54, 1.807) is 18.2 Å². The van der Waals surface area contributed by atoms with Crippen LogP contribution in [0.15, 0.2) is 47.4 Å². The number of rotatable bonds is 4. The number of para-hydroxylation sites is 1. The zero-order valence-electron chi connectivity index (χ0n) is 11.7. The van der Waals surface area contributed by atoms with E-state index in [1.165, 1.54) is 26.2 Å². The van der Waals surface area contributed by atoms with Crippen LogP contribution in [0.1, 0.15) is 0 Å². The molecule has 0 spiro atoms. The third-order valence-electron chi connectivity index (χ3n) is 2.95. The van der Waals surface area contributed by atoms with E-state index in [4.69, 9.17) is 17.3 Å². The molecule has 3 N–H and O–H groups in total. The third kappa shape index (κ3) is 3.29. The average Bonchev–Trinajstić information content (AvgIpc) is 2.43. The molecule has 0 amide bonds. The summed E-state index contributed by atoms with van der Waals surface area (Å²) < 4.78 is 25.4. The van der Waals surface area contributed by atoms with Gasteiger partial charge >= 0.3 is 0 Å². The molecule has 0 saturated heterocycles. The first-order chi connectivity index (χ1) is 9.82. The van der Waals surface area contributed by atoms with Gasteiger partial charge in [0.05, 0.1) is 27.0 Å². The molecule has 2 aromatic rings. The van der Waals surface area contributed by atoms with Crippen molar-refractivity contribution < 1.29 is 8.42 Å². The van der Waals surface area contributed by atoms with Crippen LogP contribution in [0.5, 0.6) is 0 Å². The molecular formula is C14H16ClN3O2S.